The molecule has 5 rings (SSSR count). The van der Waals surface area contributed by atoms with Crippen LogP contribution in [0.15, 0.2) is 72.8 Å². The third-order valence-corrected chi connectivity index (χ3v) is 8.38. The molecule has 0 saturated heterocycles. The minimum atomic E-state index is -0.437. The fraction of sp³-hybridized carbons (Fsp3) is 0.395. The maximum absolute atomic E-state index is 13.6. The highest BCUT2D eigenvalue weighted by Crippen LogP contribution is 2.35. The number of nitrogens with zero attached hydrogens (tertiary/aromatic N) is 3. The minimum Gasteiger partial charge on any atom is -0.506 e. The van der Waals surface area contributed by atoms with E-state index in [0.717, 1.165) is 34.8 Å². The zero-order valence-electron chi connectivity index (χ0n) is 26.7. The molecule has 1 aromatic heterocycles. The Morgan fingerprint density at radius 3 is 2.11 bits per heavy atom. The number of aryl methyl sites for hydroxylation is 1. The second-order valence-electron chi connectivity index (χ2n) is 12.0. The van der Waals surface area contributed by atoms with Crippen LogP contribution in [0, 0.1) is 6.92 Å². The van der Waals surface area contributed by atoms with Crippen molar-refractivity contribution in [3.05, 3.63) is 83.9 Å². The fourth-order valence-electron chi connectivity index (χ4n) is 5.82. The lowest BCUT2D eigenvalue weighted by molar-refractivity contribution is 0.102. The second kappa shape index (κ2) is 16.1. The summed E-state index contributed by atoms with van der Waals surface area (Å²) in [5.41, 5.74) is 3.91. The molecule has 7 heteroatoms. The highest BCUT2D eigenvalue weighted by atomic mass is 16.5. The van der Waals surface area contributed by atoms with Gasteiger partial charge < -0.3 is 15.2 Å². The lowest BCUT2D eigenvalue weighted by atomic mass is 10.0. The van der Waals surface area contributed by atoms with Crippen LogP contribution < -0.4 is 10.1 Å². The van der Waals surface area contributed by atoms with Crippen LogP contribution in [0.4, 0.5) is 5.69 Å². The summed E-state index contributed by atoms with van der Waals surface area (Å²) in [6.07, 6.45) is 15.5. The summed E-state index contributed by atoms with van der Waals surface area (Å²) in [6, 6.07) is 22.4. The minimum absolute atomic E-state index is 0.0886. The smallest absolute Gasteiger partial charge is 0.259 e. The van der Waals surface area contributed by atoms with E-state index in [1.165, 1.54) is 69.0 Å². The summed E-state index contributed by atoms with van der Waals surface area (Å²) in [7, 11) is 0. The Labute approximate surface area is 266 Å². The number of phenolic OH excluding ortho intramolecular Hbond substituents is 1. The molecule has 0 saturated carbocycles. The quantitative estimate of drug-likeness (QED) is 0.103. The summed E-state index contributed by atoms with van der Waals surface area (Å²) in [5.74, 6) is 0.0903. The molecule has 0 aliphatic rings. The first kappa shape index (κ1) is 32.0. The predicted molar refractivity (Wildman–Crippen MR) is 184 cm³/mol. The zero-order chi connectivity index (χ0) is 31.4. The van der Waals surface area contributed by atoms with E-state index in [2.05, 4.69) is 22.4 Å². The zero-order valence-corrected chi connectivity index (χ0v) is 26.7. The van der Waals surface area contributed by atoms with Crippen molar-refractivity contribution < 1.29 is 14.6 Å². The summed E-state index contributed by atoms with van der Waals surface area (Å²) in [6.45, 7) is 4.87. The molecule has 0 aliphatic carbocycles. The summed E-state index contributed by atoms with van der Waals surface area (Å²) in [4.78, 5) is 15.2. The third-order valence-electron chi connectivity index (χ3n) is 8.38. The van der Waals surface area contributed by atoms with Gasteiger partial charge in [-0.1, -0.05) is 120 Å². The number of phenols is 1. The number of amides is 1. The number of fused-ring (bicyclic) bond motifs is 2. The van der Waals surface area contributed by atoms with Crippen molar-refractivity contribution in [3.8, 4) is 17.2 Å². The molecule has 5 aromatic rings. The maximum Gasteiger partial charge on any atom is 0.259 e. The van der Waals surface area contributed by atoms with Gasteiger partial charge in [-0.25, -0.2) is 0 Å². The van der Waals surface area contributed by atoms with Gasteiger partial charge in [-0.05, 0) is 49.2 Å². The van der Waals surface area contributed by atoms with Gasteiger partial charge in [0, 0.05) is 10.8 Å². The van der Waals surface area contributed by atoms with Crippen LogP contribution in [0.5, 0.6) is 11.5 Å². The fourth-order valence-corrected chi connectivity index (χ4v) is 5.82. The molecule has 45 heavy (non-hydrogen) atoms. The van der Waals surface area contributed by atoms with Crippen LogP contribution in [-0.2, 0) is 0 Å². The molecule has 0 spiro atoms. The average Bonchev–Trinajstić information content (AvgIpc) is 3.47. The summed E-state index contributed by atoms with van der Waals surface area (Å²) >= 11 is 0. The number of benzene rings is 4. The Balaban J connectivity index is 1.20. The van der Waals surface area contributed by atoms with Crippen molar-refractivity contribution in [2.45, 2.75) is 90.9 Å². The molecule has 236 valence electrons. The molecular weight excluding hydrogens is 560 g/mol. The van der Waals surface area contributed by atoms with Crippen LogP contribution in [0.3, 0.4) is 0 Å². The number of aromatic hydroxyl groups is 1. The molecular formula is C38H46N4O3. The first-order chi connectivity index (χ1) is 22.0. The van der Waals surface area contributed by atoms with E-state index in [1.54, 1.807) is 12.1 Å². The van der Waals surface area contributed by atoms with Gasteiger partial charge in [-0.2, -0.15) is 0 Å². The Hall–Kier alpha value is -4.39. The number of para-hydroxylation sites is 2. The lowest BCUT2D eigenvalue weighted by Gasteiger charge is -2.15. The molecule has 1 amide bonds. The molecule has 0 aliphatic heterocycles. The number of nitrogens with one attached hydrogen (secondary N) is 1. The number of unbranched alkanes of at least 4 members (excludes halogenated alkanes) is 11. The van der Waals surface area contributed by atoms with Crippen LogP contribution in [0.25, 0.3) is 27.5 Å². The van der Waals surface area contributed by atoms with Gasteiger partial charge in [-0.3, -0.25) is 4.79 Å². The molecule has 7 nitrogen and oxygen atoms in total. The van der Waals surface area contributed by atoms with Crippen molar-refractivity contribution in [1.82, 2.24) is 15.0 Å². The van der Waals surface area contributed by atoms with Crippen LogP contribution in [-0.4, -0.2) is 32.6 Å². The van der Waals surface area contributed by atoms with Gasteiger partial charge in [0.15, 0.2) is 0 Å². The number of hydrogen-bond donors (Lipinski definition) is 2. The number of anilines is 1. The Morgan fingerprint density at radius 1 is 0.756 bits per heavy atom. The van der Waals surface area contributed by atoms with Gasteiger partial charge in [0.2, 0.25) is 0 Å². The van der Waals surface area contributed by atoms with Gasteiger partial charge >= 0.3 is 0 Å². The first-order valence-corrected chi connectivity index (χ1v) is 16.7. The number of ether oxygens (including phenoxy) is 1. The van der Waals surface area contributed by atoms with Crippen molar-refractivity contribution in [1.29, 1.82) is 0 Å². The van der Waals surface area contributed by atoms with Crippen molar-refractivity contribution in [2.24, 2.45) is 0 Å². The van der Waals surface area contributed by atoms with Gasteiger partial charge in [-0.15, -0.1) is 15.0 Å². The SMILES string of the molecule is CCCCCCCCCCCCCCOc1ccccc1NC(=O)c1cc(-n2nc3ccc(C)cc3n2)c2ccccc2c1O. The number of aromatic nitrogens is 3. The predicted octanol–water partition coefficient (Wildman–Crippen LogP) is 9.92. The largest absolute Gasteiger partial charge is 0.506 e. The molecule has 0 atom stereocenters. The van der Waals surface area contributed by atoms with E-state index in [9.17, 15) is 9.90 Å². The topological polar surface area (TPSA) is 89.3 Å². The molecule has 4 aromatic carbocycles. The van der Waals surface area contributed by atoms with E-state index in [0.29, 0.717) is 29.1 Å². The van der Waals surface area contributed by atoms with Gasteiger partial charge in [0.1, 0.15) is 22.5 Å². The van der Waals surface area contributed by atoms with Crippen LogP contribution >= 0.6 is 0 Å². The van der Waals surface area contributed by atoms with Crippen molar-refractivity contribution >= 4 is 33.4 Å². The summed E-state index contributed by atoms with van der Waals surface area (Å²) < 4.78 is 6.10. The van der Waals surface area contributed by atoms with E-state index in [-0.39, 0.29) is 11.3 Å². The normalized spacial score (nSPS) is 11.3. The van der Waals surface area contributed by atoms with E-state index >= 15 is 0 Å². The van der Waals surface area contributed by atoms with E-state index < -0.39 is 5.91 Å². The van der Waals surface area contributed by atoms with Crippen molar-refractivity contribution in [3.63, 3.8) is 0 Å². The van der Waals surface area contributed by atoms with Gasteiger partial charge in [0.25, 0.3) is 5.91 Å². The van der Waals surface area contributed by atoms with Crippen molar-refractivity contribution in [2.75, 3.05) is 11.9 Å². The molecule has 0 radical (unpaired) electrons. The summed E-state index contributed by atoms with van der Waals surface area (Å²) in [5, 5.41) is 24.8. The number of carbonyl (C=O) groups excluding carboxylic acids is 1. The standard InChI is InChI=1S/C38H46N4O3/c1-3-4-5-6-7-8-9-10-11-12-13-18-25-45-36-22-17-16-21-33(36)39-38(44)31-27-35(29-19-14-15-20-30(29)37(31)43)42-40-32-24-23-28(2)26-34(32)41-42/h14-17,19-24,26-27,43H,3-13,18,25H2,1-2H3,(H,39,44). The Morgan fingerprint density at radius 2 is 1.38 bits per heavy atom. The Kier molecular flexibility index (Phi) is 11.4. The second-order valence-corrected chi connectivity index (χ2v) is 12.0. The molecule has 0 fully saturated rings. The maximum atomic E-state index is 13.6. The number of rotatable bonds is 17. The molecule has 0 unspecified atom stereocenters. The molecule has 1 heterocycles. The van der Waals surface area contributed by atoms with Crippen LogP contribution in [0.2, 0.25) is 0 Å². The Bertz CT molecular complexity index is 1710. The van der Waals surface area contributed by atoms with Crippen LogP contribution in [0.1, 0.15) is 99.9 Å². The average molecular weight is 607 g/mol. The first-order valence-electron chi connectivity index (χ1n) is 16.7. The highest BCUT2D eigenvalue weighted by molar-refractivity contribution is 6.12. The molecule has 2 N–H and O–H groups in total. The van der Waals surface area contributed by atoms with E-state index in [1.807, 2.05) is 67.6 Å². The highest BCUT2D eigenvalue weighted by Gasteiger charge is 2.20. The number of carbonyl (C=O) groups is 1. The molecule has 0 bridgehead atoms. The monoisotopic (exact) mass is 606 g/mol. The number of hydrogen-bond acceptors (Lipinski definition) is 5. The third kappa shape index (κ3) is 8.41. The van der Waals surface area contributed by atoms with E-state index in [4.69, 9.17) is 4.74 Å². The lowest BCUT2D eigenvalue weighted by Crippen LogP contribution is -2.14. The van der Waals surface area contributed by atoms with Gasteiger partial charge in [0.05, 0.1) is 23.5 Å².